The highest BCUT2D eigenvalue weighted by Crippen LogP contribution is 2.39. The Hall–Kier alpha value is -4.80. The Morgan fingerprint density at radius 2 is 1.71 bits per heavy atom. The molecule has 230 valence electrons. The molecule has 1 fully saturated rings. The fourth-order valence-electron chi connectivity index (χ4n) is 6.25. The molecular weight excluding hydrogens is 595 g/mol. The molecule has 0 aliphatic carbocycles. The van der Waals surface area contributed by atoms with E-state index in [1.165, 1.54) is 43.3 Å². The minimum absolute atomic E-state index is 0. The summed E-state index contributed by atoms with van der Waals surface area (Å²) in [7, 11) is 0. The van der Waals surface area contributed by atoms with E-state index in [0.717, 1.165) is 42.2 Å². The van der Waals surface area contributed by atoms with Gasteiger partial charge in [0.1, 0.15) is 41.2 Å². The third kappa shape index (κ3) is 5.63. The van der Waals surface area contributed by atoms with E-state index >= 15 is 0 Å². The number of aromatic hydroxyl groups is 1. The molecular formula is C34H32ClFN6O3. The molecule has 1 aliphatic heterocycles. The molecule has 6 aromatic rings. The molecule has 0 amide bonds. The van der Waals surface area contributed by atoms with Crippen LogP contribution < -0.4 is 11.4 Å². The van der Waals surface area contributed by atoms with Crippen molar-refractivity contribution in [1.82, 2.24) is 24.6 Å². The Balaban J connectivity index is 0.00000357. The summed E-state index contributed by atoms with van der Waals surface area (Å²) in [5.74, 6) is -0.334. The number of nitrogen functional groups attached to an aromatic ring is 1. The predicted octanol–water partition coefficient (Wildman–Crippen LogP) is 6.71. The third-order valence-corrected chi connectivity index (χ3v) is 8.38. The molecule has 9 nitrogen and oxygen atoms in total. The zero-order valence-electron chi connectivity index (χ0n) is 24.6. The van der Waals surface area contributed by atoms with Crippen molar-refractivity contribution in [2.24, 2.45) is 0 Å². The van der Waals surface area contributed by atoms with Gasteiger partial charge in [0.2, 0.25) is 0 Å². The molecule has 1 unspecified atom stereocenters. The van der Waals surface area contributed by atoms with Crippen molar-refractivity contribution >= 4 is 40.0 Å². The van der Waals surface area contributed by atoms with Crippen molar-refractivity contribution in [2.75, 3.05) is 18.8 Å². The first-order chi connectivity index (χ1) is 21.4. The average Bonchev–Trinajstić information content (AvgIpc) is 3.42. The molecule has 0 spiro atoms. The van der Waals surface area contributed by atoms with Crippen LogP contribution in [0.3, 0.4) is 0 Å². The molecule has 1 saturated heterocycles. The molecule has 0 radical (unpaired) electrons. The maximum absolute atomic E-state index is 14.3. The Labute approximate surface area is 264 Å². The highest BCUT2D eigenvalue weighted by Gasteiger charge is 2.27. The first-order valence-corrected chi connectivity index (χ1v) is 14.7. The summed E-state index contributed by atoms with van der Waals surface area (Å²) in [6, 6.07) is 18.8. The molecule has 11 heteroatoms. The minimum atomic E-state index is -0.636. The number of anilines is 1. The fourth-order valence-corrected chi connectivity index (χ4v) is 6.25. The number of rotatable bonds is 6. The zero-order valence-corrected chi connectivity index (χ0v) is 25.4. The van der Waals surface area contributed by atoms with Crippen LogP contribution in [0.2, 0.25) is 0 Å². The van der Waals surface area contributed by atoms with Crippen LogP contribution in [0.5, 0.6) is 5.75 Å². The van der Waals surface area contributed by atoms with Crippen LogP contribution in [0, 0.1) is 5.82 Å². The Morgan fingerprint density at radius 3 is 2.44 bits per heavy atom. The summed E-state index contributed by atoms with van der Waals surface area (Å²) < 4.78 is 22.0. The zero-order chi connectivity index (χ0) is 30.4. The first-order valence-electron chi connectivity index (χ1n) is 14.7. The molecule has 45 heavy (non-hydrogen) atoms. The molecule has 4 heterocycles. The quantitative estimate of drug-likeness (QED) is 0.209. The number of halogens is 2. The van der Waals surface area contributed by atoms with Gasteiger partial charge < -0.3 is 15.3 Å². The van der Waals surface area contributed by atoms with Crippen LogP contribution in [0.25, 0.3) is 44.2 Å². The normalized spacial score (nSPS) is 14.4. The fraction of sp³-hybridized carbons (Fsp3) is 0.235. The van der Waals surface area contributed by atoms with Gasteiger partial charge in [-0.1, -0.05) is 48.9 Å². The first kappa shape index (κ1) is 30.2. The second kappa shape index (κ2) is 12.3. The second-order valence-electron chi connectivity index (χ2n) is 11.3. The summed E-state index contributed by atoms with van der Waals surface area (Å²) in [6.07, 6.45) is 5.08. The maximum Gasteiger partial charge on any atom is 0.343 e. The number of fused-ring (bicyclic) bond motifs is 2. The van der Waals surface area contributed by atoms with Crippen LogP contribution in [-0.4, -0.2) is 42.8 Å². The van der Waals surface area contributed by atoms with E-state index in [9.17, 15) is 14.3 Å². The summed E-state index contributed by atoms with van der Waals surface area (Å²) >= 11 is 0. The van der Waals surface area contributed by atoms with Gasteiger partial charge in [-0.15, -0.1) is 12.4 Å². The van der Waals surface area contributed by atoms with E-state index in [-0.39, 0.29) is 24.0 Å². The topological polar surface area (TPSA) is 123 Å². The number of aromatic nitrogens is 4. The van der Waals surface area contributed by atoms with Crippen LogP contribution >= 0.6 is 12.4 Å². The summed E-state index contributed by atoms with van der Waals surface area (Å²) in [6.45, 7) is 4.98. The summed E-state index contributed by atoms with van der Waals surface area (Å²) in [5.41, 5.74) is 9.70. The monoisotopic (exact) mass is 626 g/mol. The molecule has 7 rings (SSSR count). The average molecular weight is 627 g/mol. The predicted molar refractivity (Wildman–Crippen MR) is 175 cm³/mol. The molecule has 3 aromatic heterocycles. The third-order valence-electron chi connectivity index (χ3n) is 8.38. The summed E-state index contributed by atoms with van der Waals surface area (Å²) in [4.78, 5) is 24.4. The molecule has 0 bridgehead atoms. The number of piperidine rings is 1. The minimum Gasteiger partial charge on any atom is -0.508 e. The molecule has 0 saturated carbocycles. The van der Waals surface area contributed by atoms with E-state index < -0.39 is 17.5 Å². The number of nitrogens with zero attached hydrogens (tertiary/aromatic N) is 5. The van der Waals surface area contributed by atoms with Crippen LogP contribution in [0.1, 0.15) is 43.6 Å². The lowest BCUT2D eigenvalue weighted by Gasteiger charge is -2.26. The highest BCUT2D eigenvalue weighted by atomic mass is 35.5. The Bertz CT molecular complexity index is 2050. The SMILES string of the molecule is CC(c1oc(=O)c2ccccc2c1-c1ccc(CN2CCCCC2)cc1)n1nc(-c2cc(O)cc(F)c2)c2c(N)ncnc21.Cl. The van der Waals surface area contributed by atoms with Gasteiger partial charge in [-0.25, -0.2) is 23.8 Å². The van der Waals surface area contributed by atoms with E-state index in [4.69, 9.17) is 15.2 Å². The Morgan fingerprint density at radius 1 is 0.978 bits per heavy atom. The maximum atomic E-state index is 14.3. The van der Waals surface area contributed by atoms with E-state index in [2.05, 4.69) is 39.1 Å². The van der Waals surface area contributed by atoms with E-state index in [0.29, 0.717) is 33.4 Å². The van der Waals surface area contributed by atoms with Gasteiger partial charge in [0.25, 0.3) is 0 Å². The summed E-state index contributed by atoms with van der Waals surface area (Å²) in [5, 5.41) is 16.5. The van der Waals surface area contributed by atoms with Crippen molar-refractivity contribution in [3.8, 4) is 28.1 Å². The van der Waals surface area contributed by atoms with Crippen LogP contribution in [0.15, 0.2) is 82.3 Å². The van der Waals surface area contributed by atoms with Crippen molar-refractivity contribution in [2.45, 2.75) is 38.8 Å². The highest BCUT2D eigenvalue weighted by molar-refractivity contribution is 5.99. The van der Waals surface area contributed by atoms with Gasteiger partial charge in [-0.3, -0.25) is 4.90 Å². The van der Waals surface area contributed by atoms with Gasteiger partial charge >= 0.3 is 5.63 Å². The van der Waals surface area contributed by atoms with Gasteiger partial charge in [0.15, 0.2) is 5.65 Å². The number of hydrogen-bond donors (Lipinski definition) is 2. The van der Waals surface area contributed by atoms with Gasteiger partial charge in [0.05, 0.1) is 10.8 Å². The van der Waals surface area contributed by atoms with Gasteiger partial charge in [-0.05, 0) is 62.2 Å². The molecule has 1 aliphatic rings. The largest absolute Gasteiger partial charge is 0.508 e. The number of benzene rings is 3. The van der Waals surface area contributed by atoms with Crippen molar-refractivity contribution in [3.63, 3.8) is 0 Å². The number of hydrogen-bond acceptors (Lipinski definition) is 8. The molecule has 3 aromatic carbocycles. The Kier molecular flexibility index (Phi) is 8.26. The molecule has 1 atom stereocenters. The van der Waals surface area contributed by atoms with Gasteiger partial charge in [-0.2, -0.15) is 5.10 Å². The standard InChI is InChI=1S/C34H31FN6O3.ClH/c1-20(41-33-29(32(36)37-19-38-33)30(39-41)23-15-24(35)17-25(42)16-23)31-28(26-7-3-4-8-27(26)34(43)44-31)22-11-9-21(10-12-22)18-40-13-5-2-6-14-40;/h3-4,7-12,15-17,19-20,42H,2,5-6,13-14,18H2,1H3,(H2,36,37,38);1H. The smallest absolute Gasteiger partial charge is 0.343 e. The number of phenolic OH excluding ortho intramolecular Hbond substituents is 1. The van der Waals surface area contributed by atoms with Crippen molar-refractivity contribution in [3.05, 3.63) is 101 Å². The van der Waals surface area contributed by atoms with Crippen LogP contribution in [0.4, 0.5) is 10.2 Å². The number of likely N-dealkylation sites (tertiary alicyclic amines) is 1. The van der Waals surface area contributed by atoms with Crippen molar-refractivity contribution < 1.29 is 13.9 Å². The lowest BCUT2D eigenvalue weighted by Crippen LogP contribution is -2.29. The molecule has 3 N–H and O–H groups in total. The van der Waals surface area contributed by atoms with Crippen LogP contribution in [-0.2, 0) is 6.54 Å². The lowest BCUT2D eigenvalue weighted by atomic mass is 9.95. The van der Waals surface area contributed by atoms with Gasteiger partial charge in [0, 0.05) is 29.1 Å². The number of phenols is 1. The number of nitrogens with two attached hydrogens (primary N) is 1. The van der Waals surface area contributed by atoms with E-state index in [1.807, 2.05) is 25.1 Å². The van der Waals surface area contributed by atoms with E-state index in [1.54, 1.807) is 10.7 Å². The van der Waals surface area contributed by atoms with Crippen molar-refractivity contribution in [1.29, 1.82) is 0 Å². The lowest BCUT2D eigenvalue weighted by molar-refractivity contribution is 0.221. The second-order valence-corrected chi connectivity index (χ2v) is 11.3.